The molecule has 0 unspecified atom stereocenters. The average molecular weight is 327 g/mol. The van der Waals surface area contributed by atoms with E-state index in [2.05, 4.69) is 4.98 Å². The lowest BCUT2D eigenvalue weighted by Crippen LogP contribution is -2.24. The van der Waals surface area contributed by atoms with Gasteiger partial charge in [-0.1, -0.05) is 0 Å². The monoisotopic (exact) mass is 326 g/mol. The van der Waals surface area contributed by atoms with Crippen LogP contribution in [0.3, 0.4) is 0 Å². The molecule has 0 amide bonds. The van der Waals surface area contributed by atoms with Gasteiger partial charge >= 0.3 is 0 Å². The Hall–Kier alpha value is -0.100. The van der Waals surface area contributed by atoms with Crippen LogP contribution in [0.15, 0.2) is 11.1 Å². The van der Waals surface area contributed by atoms with Crippen molar-refractivity contribution in [1.29, 1.82) is 0 Å². The third-order valence-corrected chi connectivity index (χ3v) is 3.45. The molecule has 1 heterocycles. The SMILES string of the molecule is Cc1ncn(CCCCCl)c(=O)c1I. The third-order valence-electron chi connectivity index (χ3n) is 1.94. The number of rotatable bonds is 4. The Morgan fingerprint density at radius 1 is 1.57 bits per heavy atom. The van der Waals surface area contributed by atoms with E-state index < -0.39 is 0 Å². The fraction of sp³-hybridized carbons (Fsp3) is 0.556. The first-order valence-corrected chi connectivity index (χ1v) is 6.05. The maximum Gasteiger partial charge on any atom is 0.266 e. The van der Waals surface area contributed by atoms with Gasteiger partial charge in [-0.15, -0.1) is 11.6 Å². The van der Waals surface area contributed by atoms with Gasteiger partial charge in [-0.2, -0.15) is 0 Å². The minimum absolute atomic E-state index is 0.0488. The average Bonchev–Trinajstić information content (AvgIpc) is 2.18. The van der Waals surface area contributed by atoms with E-state index in [9.17, 15) is 4.79 Å². The quantitative estimate of drug-likeness (QED) is 0.483. The molecule has 0 N–H and O–H groups in total. The van der Waals surface area contributed by atoms with E-state index in [-0.39, 0.29) is 5.56 Å². The zero-order chi connectivity index (χ0) is 10.6. The van der Waals surface area contributed by atoms with Crippen LogP contribution in [0.4, 0.5) is 0 Å². The minimum Gasteiger partial charge on any atom is -0.298 e. The van der Waals surface area contributed by atoms with Gasteiger partial charge in [-0.25, -0.2) is 4.98 Å². The van der Waals surface area contributed by atoms with Gasteiger partial charge in [0.25, 0.3) is 5.56 Å². The Balaban J connectivity index is 2.79. The van der Waals surface area contributed by atoms with Crippen molar-refractivity contribution in [3.63, 3.8) is 0 Å². The second-order valence-electron chi connectivity index (χ2n) is 3.04. The van der Waals surface area contributed by atoms with Crippen molar-refractivity contribution in [2.24, 2.45) is 0 Å². The second kappa shape index (κ2) is 5.70. The Morgan fingerprint density at radius 3 is 2.93 bits per heavy atom. The molecule has 0 atom stereocenters. The van der Waals surface area contributed by atoms with Crippen LogP contribution >= 0.6 is 34.2 Å². The lowest BCUT2D eigenvalue weighted by molar-refractivity contribution is 0.599. The predicted octanol–water partition coefficient (Wildman–Crippen LogP) is 2.18. The van der Waals surface area contributed by atoms with Gasteiger partial charge < -0.3 is 0 Å². The number of nitrogens with zero attached hydrogens (tertiary/aromatic N) is 2. The largest absolute Gasteiger partial charge is 0.298 e. The Kier molecular flexibility index (Phi) is 4.88. The number of unbranched alkanes of at least 4 members (excludes halogenated alkanes) is 1. The lowest BCUT2D eigenvalue weighted by atomic mass is 10.3. The summed E-state index contributed by atoms with van der Waals surface area (Å²) in [4.78, 5) is 15.8. The van der Waals surface area contributed by atoms with Crippen LogP contribution in [0.25, 0.3) is 0 Å². The first-order chi connectivity index (χ1) is 6.66. The van der Waals surface area contributed by atoms with Gasteiger partial charge in [0, 0.05) is 12.4 Å². The molecule has 78 valence electrons. The Bertz CT molecular complexity index is 364. The molecule has 0 spiro atoms. The topological polar surface area (TPSA) is 34.9 Å². The van der Waals surface area contributed by atoms with Gasteiger partial charge in [0.1, 0.15) is 0 Å². The normalized spacial score (nSPS) is 10.5. The lowest BCUT2D eigenvalue weighted by Gasteiger charge is -2.05. The summed E-state index contributed by atoms with van der Waals surface area (Å²) < 4.78 is 2.34. The molecule has 3 nitrogen and oxygen atoms in total. The summed E-state index contributed by atoms with van der Waals surface area (Å²) in [6, 6.07) is 0. The van der Waals surface area contributed by atoms with Crippen molar-refractivity contribution in [1.82, 2.24) is 9.55 Å². The zero-order valence-corrected chi connectivity index (χ0v) is 10.9. The molecule has 1 rings (SSSR count). The van der Waals surface area contributed by atoms with E-state index >= 15 is 0 Å². The molecule has 0 aromatic carbocycles. The summed E-state index contributed by atoms with van der Waals surface area (Å²) in [7, 11) is 0. The number of hydrogen-bond acceptors (Lipinski definition) is 2. The molecule has 5 heteroatoms. The highest BCUT2D eigenvalue weighted by Gasteiger charge is 2.04. The van der Waals surface area contributed by atoms with Gasteiger partial charge in [0.05, 0.1) is 15.6 Å². The molecule has 1 aromatic rings. The molecule has 0 bridgehead atoms. The van der Waals surface area contributed by atoms with Gasteiger partial charge in [-0.05, 0) is 42.4 Å². The number of alkyl halides is 1. The van der Waals surface area contributed by atoms with Gasteiger partial charge in [-0.3, -0.25) is 9.36 Å². The Labute approximate surface area is 102 Å². The molecule has 0 aliphatic carbocycles. The van der Waals surface area contributed by atoms with E-state index in [1.165, 1.54) is 0 Å². The summed E-state index contributed by atoms with van der Waals surface area (Å²) >= 11 is 7.59. The van der Waals surface area contributed by atoms with E-state index in [1.807, 2.05) is 29.5 Å². The summed E-state index contributed by atoms with van der Waals surface area (Å²) in [5.74, 6) is 0.644. The van der Waals surface area contributed by atoms with E-state index in [0.717, 1.165) is 18.5 Å². The van der Waals surface area contributed by atoms with Gasteiger partial charge in [0.15, 0.2) is 0 Å². The zero-order valence-electron chi connectivity index (χ0n) is 7.96. The minimum atomic E-state index is 0.0488. The molecule has 0 aliphatic heterocycles. The predicted molar refractivity (Wildman–Crippen MR) is 65.9 cm³/mol. The van der Waals surface area contributed by atoms with Crippen LogP contribution in [0, 0.1) is 10.5 Å². The van der Waals surface area contributed by atoms with Crippen molar-refractivity contribution in [3.8, 4) is 0 Å². The summed E-state index contributed by atoms with van der Waals surface area (Å²) in [6.45, 7) is 2.54. The maximum atomic E-state index is 11.7. The Morgan fingerprint density at radius 2 is 2.29 bits per heavy atom. The smallest absolute Gasteiger partial charge is 0.266 e. The van der Waals surface area contributed by atoms with Crippen molar-refractivity contribution in [2.45, 2.75) is 26.3 Å². The first kappa shape index (κ1) is 12.0. The molecular formula is C9H12ClIN2O. The highest BCUT2D eigenvalue weighted by atomic mass is 127. The highest BCUT2D eigenvalue weighted by molar-refractivity contribution is 14.1. The van der Waals surface area contributed by atoms with Crippen LogP contribution in [0.5, 0.6) is 0 Å². The van der Waals surface area contributed by atoms with Crippen molar-refractivity contribution < 1.29 is 0 Å². The van der Waals surface area contributed by atoms with Crippen LogP contribution in [-0.4, -0.2) is 15.4 Å². The van der Waals surface area contributed by atoms with Crippen LogP contribution < -0.4 is 5.56 Å². The van der Waals surface area contributed by atoms with E-state index in [1.54, 1.807) is 10.9 Å². The standard InChI is InChI=1S/C9H12ClIN2O/c1-7-8(11)9(14)13(6-12-7)5-3-2-4-10/h6H,2-5H2,1H3. The summed E-state index contributed by atoms with van der Waals surface area (Å²) in [5.41, 5.74) is 0.844. The molecule has 0 aliphatic rings. The van der Waals surface area contributed by atoms with E-state index in [4.69, 9.17) is 11.6 Å². The molecule has 0 saturated heterocycles. The molecule has 14 heavy (non-hydrogen) atoms. The number of aryl methyl sites for hydroxylation is 2. The highest BCUT2D eigenvalue weighted by Crippen LogP contribution is 2.02. The van der Waals surface area contributed by atoms with Crippen LogP contribution in [-0.2, 0) is 6.54 Å². The van der Waals surface area contributed by atoms with Crippen LogP contribution in [0.1, 0.15) is 18.5 Å². The van der Waals surface area contributed by atoms with Crippen LogP contribution in [0.2, 0.25) is 0 Å². The first-order valence-electron chi connectivity index (χ1n) is 4.44. The fourth-order valence-electron chi connectivity index (χ4n) is 1.08. The molecule has 0 fully saturated rings. The number of aromatic nitrogens is 2. The molecule has 0 saturated carbocycles. The number of halogens is 2. The third kappa shape index (κ3) is 2.95. The summed E-state index contributed by atoms with van der Waals surface area (Å²) in [6.07, 6.45) is 3.46. The second-order valence-corrected chi connectivity index (χ2v) is 4.50. The van der Waals surface area contributed by atoms with Crippen molar-refractivity contribution in [3.05, 3.63) is 25.9 Å². The van der Waals surface area contributed by atoms with Crippen molar-refractivity contribution >= 4 is 34.2 Å². The number of hydrogen-bond donors (Lipinski definition) is 0. The molecule has 0 radical (unpaired) electrons. The van der Waals surface area contributed by atoms with E-state index in [0.29, 0.717) is 16.0 Å². The van der Waals surface area contributed by atoms with Crippen molar-refractivity contribution in [2.75, 3.05) is 5.88 Å². The summed E-state index contributed by atoms with van der Waals surface area (Å²) in [5, 5.41) is 0. The molecular weight excluding hydrogens is 314 g/mol. The maximum absolute atomic E-state index is 11.7. The fourth-order valence-corrected chi connectivity index (χ4v) is 1.72. The molecule has 1 aromatic heterocycles. The van der Waals surface area contributed by atoms with Gasteiger partial charge in [0.2, 0.25) is 0 Å².